The minimum absolute atomic E-state index is 0. The third-order valence-electron chi connectivity index (χ3n) is 1.06. The summed E-state index contributed by atoms with van der Waals surface area (Å²) in [6.07, 6.45) is 0. The summed E-state index contributed by atoms with van der Waals surface area (Å²) < 4.78 is 0. The molecule has 1 aromatic carbocycles. The number of halogens is 5. The average Bonchev–Trinajstić information content (AvgIpc) is 1.97. The van der Waals surface area contributed by atoms with Gasteiger partial charge in [0.1, 0.15) is 0 Å². The molecule has 0 saturated carbocycles. The van der Waals surface area contributed by atoms with E-state index in [2.05, 4.69) is 0 Å². The number of hydrogen-bond acceptors (Lipinski definition) is 0. The first-order valence-corrected chi connectivity index (χ1v) is 4.41. The Morgan fingerprint density at radius 1 is 0.667 bits per heavy atom. The van der Waals surface area contributed by atoms with E-state index in [9.17, 15) is 0 Å². The molecule has 0 radical (unpaired) electrons. The van der Waals surface area contributed by atoms with Crippen molar-refractivity contribution in [3.63, 3.8) is 0 Å². The fourth-order valence-corrected chi connectivity index (χ4v) is 1.65. The van der Waals surface area contributed by atoms with Crippen LogP contribution < -0.4 is 0 Å². The summed E-state index contributed by atoms with van der Waals surface area (Å²) in [6, 6.07) is 1.44. The molecule has 0 N–H and O–H groups in total. The van der Waals surface area contributed by atoms with Gasteiger partial charge in [0.15, 0.2) is 0 Å². The standard InChI is InChI=1S/C6HCl5.K.H/c7-2-1-3(8)5(10)6(11)4(2)9;;/h1H;;. The predicted octanol–water partition coefficient (Wildman–Crippen LogP) is 4.31. The van der Waals surface area contributed by atoms with Gasteiger partial charge in [0.05, 0.1) is 25.1 Å². The van der Waals surface area contributed by atoms with Crippen molar-refractivity contribution in [3.05, 3.63) is 31.2 Å². The average molecular weight is 290 g/mol. The molecule has 0 aromatic heterocycles. The van der Waals surface area contributed by atoms with Crippen molar-refractivity contribution in [3.8, 4) is 0 Å². The summed E-state index contributed by atoms with van der Waals surface area (Å²) in [4.78, 5) is 0. The number of rotatable bonds is 0. The Morgan fingerprint density at radius 3 is 1.33 bits per heavy atom. The molecule has 62 valence electrons. The molecular formula is C6H2Cl5K. The van der Waals surface area contributed by atoms with Crippen molar-refractivity contribution in [1.82, 2.24) is 0 Å². The zero-order valence-corrected chi connectivity index (χ0v) is 8.75. The van der Waals surface area contributed by atoms with E-state index >= 15 is 0 Å². The first-order chi connectivity index (χ1) is 5.04. The number of benzene rings is 1. The topological polar surface area (TPSA) is 0 Å². The van der Waals surface area contributed by atoms with Gasteiger partial charge in [-0.2, -0.15) is 0 Å². The molecule has 0 spiro atoms. The van der Waals surface area contributed by atoms with Crippen LogP contribution in [0.15, 0.2) is 6.07 Å². The van der Waals surface area contributed by atoms with Crippen LogP contribution in [0, 0.1) is 0 Å². The molecule has 12 heavy (non-hydrogen) atoms. The Hall–Kier alpha value is 2.31. The van der Waals surface area contributed by atoms with Gasteiger partial charge in [-0.3, -0.25) is 0 Å². The molecule has 0 aliphatic carbocycles. The molecule has 0 saturated heterocycles. The number of hydrogen-bond donors (Lipinski definition) is 0. The van der Waals surface area contributed by atoms with Crippen LogP contribution in [0.2, 0.25) is 25.1 Å². The van der Waals surface area contributed by atoms with Crippen LogP contribution in [0.25, 0.3) is 0 Å². The van der Waals surface area contributed by atoms with Crippen molar-refractivity contribution in [2.45, 2.75) is 0 Å². The third kappa shape index (κ3) is 3.16. The van der Waals surface area contributed by atoms with Crippen LogP contribution in [0.4, 0.5) is 0 Å². The molecular weight excluding hydrogens is 288 g/mol. The monoisotopic (exact) mass is 288 g/mol. The summed E-state index contributed by atoms with van der Waals surface area (Å²) in [5.41, 5.74) is 0. The fourth-order valence-electron chi connectivity index (χ4n) is 0.544. The van der Waals surface area contributed by atoms with Crippen molar-refractivity contribution in [2.24, 2.45) is 0 Å². The Kier molecular flexibility index (Phi) is 7.17. The molecule has 0 nitrogen and oxygen atoms in total. The predicted molar refractivity (Wildman–Crippen MR) is 58.6 cm³/mol. The van der Waals surface area contributed by atoms with Gasteiger partial charge in [-0.1, -0.05) is 58.0 Å². The Morgan fingerprint density at radius 2 is 1.00 bits per heavy atom. The molecule has 0 unspecified atom stereocenters. The fraction of sp³-hybridized carbons (Fsp3) is 0. The van der Waals surface area contributed by atoms with Gasteiger partial charge in [0, 0.05) is 0 Å². The molecule has 0 amide bonds. The van der Waals surface area contributed by atoms with E-state index in [4.69, 9.17) is 58.0 Å². The summed E-state index contributed by atoms with van der Waals surface area (Å²) in [6.45, 7) is 0. The van der Waals surface area contributed by atoms with Crippen LogP contribution in [0.1, 0.15) is 0 Å². The Balaban J connectivity index is 0.00000121. The van der Waals surface area contributed by atoms with E-state index in [1.54, 1.807) is 0 Å². The second-order valence-electron chi connectivity index (χ2n) is 1.78. The maximum atomic E-state index is 5.66. The van der Waals surface area contributed by atoms with E-state index in [1.807, 2.05) is 0 Å². The summed E-state index contributed by atoms with van der Waals surface area (Å²) in [5.74, 6) is 0. The Labute approximate surface area is 138 Å². The molecule has 0 heterocycles. The van der Waals surface area contributed by atoms with Crippen molar-refractivity contribution < 1.29 is 0 Å². The van der Waals surface area contributed by atoms with Gasteiger partial charge in [0.25, 0.3) is 0 Å². The molecule has 0 aliphatic rings. The van der Waals surface area contributed by atoms with Crippen LogP contribution in [-0.2, 0) is 0 Å². The zero-order valence-electron chi connectivity index (χ0n) is 4.97. The van der Waals surface area contributed by atoms with Crippen molar-refractivity contribution in [2.75, 3.05) is 0 Å². The van der Waals surface area contributed by atoms with Crippen molar-refractivity contribution in [1.29, 1.82) is 0 Å². The van der Waals surface area contributed by atoms with Crippen LogP contribution >= 0.6 is 58.0 Å². The Bertz CT molecular complexity index is 272. The molecule has 1 aromatic rings. The van der Waals surface area contributed by atoms with E-state index in [1.165, 1.54) is 6.07 Å². The molecule has 0 fully saturated rings. The maximum absolute atomic E-state index is 5.66. The van der Waals surface area contributed by atoms with E-state index in [-0.39, 0.29) is 66.5 Å². The van der Waals surface area contributed by atoms with E-state index in [0.29, 0.717) is 10.0 Å². The van der Waals surface area contributed by atoms with E-state index < -0.39 is 0 Å². The van der Waals surface area contributed by atoms with Crippen LogP contribution in [-0.4, -0.2) is 51.4 Å². The summed E-state index contributed by atoms with van der Waals surface area (Å²) >= 11 is 28.2. The third-order valence-corrected chi connectivity index (χ3v) is 3.20. The van der Waals surface area contributed by atoms with Crippen molar-refractivity contribution >= 4 is 109 Å². The van der Waals surface area contributed by atoms with Gasteiger partial charge < -0.3 is 0 Å². The minimum atomic E-state index is 0. The van der Waals surface area contributed by atoms with Gasteiger partial charge >= 0.3 is 51.4 Å². The van der Waals surface area contributed by atoms with Gasteiger partial charge in [0.2, 0.25) is 0 Å². The van der Waals surface area contributed by atoms with Crippen LogP contribution in [0.5, 0.6) is 0 Å². The first-order valence-electron chi connectivity index (χ1n) is 2.52. The summed E-state index contributed by atoms with van der Waals surface area (Å²) in [7, 11) is 0. The normalized spacial score (nSPS) is 9.42. The SMILES string of the molecule is Clc1cc(Cl)c(Cl)c(Cl)c1Cl.[KH]. The first kappa shape index (κ1) is 14.3. The van der Waals surface area contributed by atoms with Gasteiger partial charge in [-0.05, 0) is 6.07 Å². The molecule has 0 aliphatic heterocycles. The molecule has 6 heteroatoms. The van der Waals surface area contributed by atoms with Gasteiger partial charge in [-0.25, -0.2) is 0 Å². The second-order valence-corrected chi connectivity index (χ2v) is 3.73. The molecule has 0 atom stereocenters. The molecule has 0 bridgehead atoms. The summed E-state index contributed by atoms with van der Waals surface area (Å²) in [5, 5.41) is 1.23. The van der Waals surface area contributed by atoms with Crippen LogP contribution in [0.3, 0.4) is 0 Å². The zero-order chi connectivity index (χ0) is 8.59. The van der Waals surface area contributed by atoms with E-state index in [0.717, 1.165) is 0 Å². The molecule has 1 rings (SSSR count). The van der Waals surface area contributed by atoms with Gasteiger partial charge in [-0.15, -0.1) is 0 Å². The quantitative estimate of drug-likeness (QED) is 0.379. The second kappa shape index (κ2) is 6.01.